The number of nitrogens with one attached hydrogen (secondary N) is 1. The lowest BCUT2D eigenvalue weighted by molar-refractivity contribution is 0.0948. The minimum absolute atomic E-state index is 0.184. The van der Waals surface area contributed by atoms with E-state index < -0.39 is 10.8 Å². The third-order valence-electron chi connectivity index (χ3n) is 7.24. The largest absolute Gasteiger partial charge is 0.352 e. The van der Waals surface area contributed by atoms with Crippen molar-refractivity contribution in [3.05, 3.63) is 88.5 Å². The molecule has 0 spiro atoms. The Morgan fingerprint density at radius 1 is 0.973 bits per heavy atom. The maximum Gasteiger partial charge on any atom is 0.259 e. The summed E-state index contributed by atoms with van der Waals surface area (Å²) in [7, 11) is -1.55. The van der Waals surface area contributed by atoms with Gasteiger partial charge in [0.1, 0.15) is 0 Å². The van der Waals surface area contributed by atoms with E-state index in [0.717, 1.165) is 42.7 Å². The van der Waals surface area contributed by atoms with E-state index in [1.807, 2.05) is 26.0 Å². The Morgan fingerprint density at radius 2 is 1.76 bits per heavy atom. The van der Waals surface area contributed by atoms with Crippen molar-refractivity contribution in [1.82, 2.24) is 10.2 Å². The molecule has 1 fully saturated rings. The molecule has 2 aliphatic heterocycles. The fourth-order valence-electron chi connectivity index (χ4n) is 5.12. The van der Waals surface area contributed by atoms with Gasteiger partial charge in [-0.1, -0.05) is 35.9 Å². The first-order valence-electron chi connectivity index (χ1n) is 13.0. The van der Waals surface area contributed by atoms with E-state index in [1.165, 1.54) is 12.8 Å². The highest BCUT2D eigenvalue weighted by molar-refractivity contribution is 7.85. The minimum Gasteiger partial charge on any atom is -0.352 e. The van der Waals surface area contributed by atoms with Gasteiger partial charge in [-0.05, 0) is 94.2 Å². The molecule has 2 heterocycles. The highest BCUT2D eigenvalue weighted by atomic mass is 32.2. The lowest BCUT2D eigenvalue weighted by atomic mass is 10.0. The number of likely N-dealkylation sites (tertiary alicyclic amines) is 1. The van der Waals surface area contributed by atoms with Crippen LogP contribution in [-0.4, -0.2) is 47.1 Å². The summed E-state index contributed by atoms with van der Waals surface area (Å²) in [6.45, 7) is 8.24. The summed E-state index contributed by atoms with van der Waals surface area (Å²) >= 11 is 0. The van der Waals surface area contributed by atoms with Crippen molar-refractivity contribution in [3.63, 3.8) is 0 Å². The number of fused-ring (bicyclic) bond motifs is 2. The number of rotatable bonds is 7. The van der Waals surface area contributed by atoms with Crippen LogP contribution < -0.4 is 10.2 Å². The zero-order chi connectivity index (χ0) is 25.9. The molecule has 6 nitrogen and oxygen atoms in total. The van der Waals surface area contributed by atoms with Crippen LogP contribution >= 0.6 is 0 Å². The molecule has 37 heavy (non-hydrogen) atoms. The molecule has 2 aliphatic rings. The number of aryl methyl sites for hydroxylation is 2. The first-order valence-corrected chi connectivity index (χ1v) is 14.1. The first kappa shape index (κ1) is 25.4. The van der Waals surface area contributed by atoms with Crippen LogP contribution in [0.3, 0.4) is 0 Å². The van der Waals surface area contributed by atoms with E-state index in [2.05, 4.69) is 16.3 Å². The van der Waals surface area contributed by atoms with Gasteiger partial charge in [-0.2, -0.15) is 0 Å². The molecule has 0 aliphatic carbocycles. The Labute approximate surface area is 221 Å². The number of anilines is 1. The summed E-state index contributed by atoms with van der Waals surface area (Å²) in [6.07, 6.45) is 3.40. The molecule has 1 saturated heterocycles. The average Bonchev–Trinajstić information content (AvgIpc) is 3.41. The molecule has 1 N–H and O–H groups in total. The molecule has 3 aromatic carbocycles. The van der Waals surface area contributed by atoms with Crippen LogP contribution in [0.25, 0.3) is 0 Å². The highest BCUT2D eigenvalue weighted by Crippen LogP contribution is 2.36. The van der Waals surface area contributed by atoms with E-state index in [-0.39, 0.29) is 11.8 Å². The van der Waals surface area contributed by atoms with Gasteiger partial charge in [0.15, 0.2) is 0 Å². The summed E-state index contributed by atoms with van der Waals surface area (Å²) in [4.78, 5) is 32.0. The number of benzene rings is 3. The highest BCUT2D eigenvalue weighted by Gasteiger charge is 2.31. The van der Waals surface area contributed by atoms with Gasteiger partial charge in [0.05, 0.1) is 38.4 Å². The molecule has 3 aromatic rings. The van der Waals surface area contributed by atoms with Crippen molar-refractivity contribution in [1.29, 1.82) is 0 Å². The molecular formula is C30H33N3O3S. The van der Waals surface area contributed by atoms with E-state index >= 15 is 0 Å². The number of hydrogen-bond donors (Lipinski definition) is 1. The van der Waals surface area contributed by atoms with Crippen LogP contribution in [-0.2, 0) is 17.3 Å². The second kappa shape index (κ2) is 11.0. The Kier molecular flexibility index (Phi) is 7.53. The van der Waals surface area contributed by atoms with Crippen molar-refractivity contribution >= 4 is 28.3 Å². The predicted molar refractivity (Wildman–Crippen MR) is 147 cm³/mol. The second-order valence-electron chi connectivity index (χ2n) is 9.93. The molecule has 0 radical (unpaired) electrons. The van der Waals surface area contributed by atoms with E-state index in [1.54, 1.807) is 47.4 Å². The maximum atomic E-state index is 13.8. The summed E-state index contributed by atoms with van der Waals surface area (Å²) in [5.41, 5.74) is 4.60. The zero-order valence-corrected chi connectivity index (χ0v) is 22.3. The summed E-state index contributed by atoms with van der Waals surface area (Å²) in [6, 6.07) is 18.4. The molecule has 0 aromatic heterocycles. The predicted octanol–water partition coefficient (Wildman–Crippen LogP) is 4.85. The molecule has 1 atom stereocenters. The molecule has 192 valence electrons. The third-order valence-corrected chi connectivity index (χ3v) is 8.74. The molecule has 2 amide bonds. The molecular weight excluding hydrogens is 482 g/mol. The summed E-state index contributed by atoms with van der Waals surface area (Å²) in [5.74, 6) is -0.400. The SMILES string of the molecule is Cc1ccc(C)c(CN2C(=O)c3ccccc3[S@](=O)c3ccc(C(=O)NCCCN4CCCC4)cc32)c1. The van der Waals surface area contributed by atoms with Gasteiger partial charge in [-0.15, -0.1) is 0 Å². The Balaban J connectivity index is 1.46. The van der Waals surface area contributed by atoms with Crippen LogP contribution in [0.1, 0.15) is 56.7 Å². The third kappa shape index (κ3) is 5.38. The van der Waals surface area contributed by atoms with E-state index in [9.17, 15) is 13.8 Å². The Hall–Kier alpha value is -3.29. The molecule has 7 heteroatoms. The minimum atomic E-state index is -1.55. The fourth-order valence-corrected chi connectivity index (χ4v) is 6.46. The van der Waals surface area contributed by atoms with Gasteiger partial charge in [-0.25, -0.2) is 4.21 Å². The summed E-state index contributed by atoms with van der Waals surface area (Å²) < 4.78 is 13.6. The van der Waals surface area contributed by atoms with Crippen molar-refractivity contribution in [2.45, 2.75) is 49.4 Å². The number of hydrogen-bond acceptors (Lipinski definition) is 4. The van der Waals surface area contributed by atoms with Crippen LogP contribution in [0.4, 0.5) is 5.69 Å². The molecule has 5 rings (SSSR count). The average molecular weight is 516 g/mol. The van der Waals surface area contributed by atoms with Crippen LogP contribution in [0, 0.1) is 13.8 Å². The number of carbonyl (C=O) groups is 2. The van der Waals surface area contributed by atoms with Gasteiger partial charge >= 0.3 is 0 Å². The second-order valence-corrected chi connectivity index (χ2v) is 11.3. The molecule has 0 bridgehead atoms. The summed E-state index contributed by atoms with van der Waals surface area (Å²) in [5, 5.41) is 3.02. The van der Waals surface area contributed by atoms with Crippen molar-refractivity contribution in [3.8, 4) is 0 Å². The van der Waals surface area contributed by atoms with Crippen LogP contribution in [0.5, 0.6) is 0 Å². The lowest BCUT2D eigenvalue weighted by Gasteiger charge is -2.24. The normalized spacial score (nSPS) is 17.3. The standard InChI is InChI=1S/C30H33N3O3S/c1-21-10-11-22(2)24(18-21)20-33-26-19-23(29(34)31-14-7-17-32-15-5-6-16-32)12-13-28(26)37(36)27-9-4-3-8-25(27)30(33)35/h3-4,8-13,18-19H,5-7,14-17,20H2,1-2H3,(H,31,34)/t37-/m0/s1. The van der Waals surface area contributed by atoms with Crippen molar-refractivity contribution in [2.24, 2.45) is 0 Å². The molecule has 0 unspecified atom stereocenters. The van der Waals surface area contributed by atoms with Crippen molar-refractivity contribution < 1.29 is 13.8 Å². The van der Waals surface area contributed by atoms with Crippen molar-refractivity contribution in [2.75, 3.05) is 31.1 Å². The number of carbonyl (C=O) groups excluding carboxylic acids is 2. The van der Waals surface area contributed by atoms with Crippen LogP contribution in [0.15, 0.2) is 70.5 Å². The Bertz CT molecular complexity index is 1360. The van der Waals surface area contributed by atoms with Gasteiger partial charge < -0.3 is 15.1 Å². The fraction of sp³-hybridized carbons (Fsp3) is 0.333. The smallest absolute Gasteiger partial charge is 0.259 e. The monoisotopic (exact) mass is 515 g/mol. The quantitative estimate of drug-likeness (QED) is 0.457. The van der Waals surface area contributed by atoms with Gasteiger partial charge in [0, 0.05) is 12.1 Å². The van der Waals surface area contributed by atoms with Gasteiger partial charge in [0.2, 0.25) is 0 Å². The zero-order valence-electron chi connectivity index (χ0n) is 21.5. The van der Waals surface area contributed by atoms with E-state index in [0.29, 0.717) is 39.7 Å². The number of nitrogens with zero attached hydrogens (tertiary/aromatic N) is 2. The number of amides is 2. The first-order chi connectivity index (χ1) is 17.9. The maximum absolute atomic E-state index is 13.8. The topological polar surface area (TPSA) is 69.7 Å². The van der Waals surface area contributed by atoms with Gasteiger partial charge in [0.25, 0.3) is 11.8 Å². The Morgan fingerprint density at radius 3 is 2.57 bits per heavy atom. The molecule has 0 saturated carbocycles. The van der Waals surface area contributed by atoms with Gasteiger partial charge in [-0.3, -0.25) is 9.59 Å². The van der Waals surface area contributed by atoms with Crippen LogP contribution in [0.2, 0.25) is 0 Å². The lowest BCUT2D eigenvalue weighted by Crippen LogP contribution is -2.31. The van der Waals surface area contributed by atoms with E-state index in [4.69, 9.17) is 0 Å².